The summed E-state index contributed by atoms with van der Waals surface area (Å²) < 4.78 is 1.66. The molecule has 7 heteroatoms. The number of aromatic carboxylic acids is 1. The molecule has 0 aliphatic heterocycles. The molecule has 2 rings (SSSR count). The van der Waals surface area contributed by atoms with Crippen molar-refractivity contribution >= 4 is 29.2 Å². The van der Waals surface area contributed by atoms with Crippen LogP contribution in [0.2, 0.25) is 10.0 Å². The van der Waals surface area contributed by atoms with Gasteiger partial charge in [-0.3, -0.25) is 4.57 Å². The molecule has 1 heterocycles. The molecular formula is C10H7Cl2N3O2. The summed E-state index contributed by atoms with van der Waals surface area (Å²) in [6.45, 7) is 1.76. The lowest BCUT2D eigenvalue weighted by Gasteiger charge is -2.08. The third-order valence-electron chi connectivity index (χ3n) is 2.24. The van der Waals surface area contributed by atoms with Gasteiger partial charge in [-0.2, -0.15) is 0 Å². The average molecular weight is 272 g/mol. The Morgan fingerprint density at radius 2 is 1.94 bits per heavy atom. The van der Waals surface area contributed by atoms with Crippen LogP contribution >= 0.6 is 23.2 Å². The Balaban J connectivity index is 2.61. The largest absolute Gasteiger partial charge is 0.478 e. The van der Waals surface area contributed by atoms with E-state index in [2.05, 4.69) is 10.2 Å². The van der Waals surface area contributed by atoms with E-state index in [0.29, 0.717) is 11.5 Å². The van der Waals surface area contributed by atoms with Gasteiger partial charge in [0, 0.05) is 0 Å². The van der Waals surface area contributed by atoms with Crippen LogP contribution in [0.5, 0.6) is 0 Å². The highest BCUT2D eigenvalue weighted by Crippen LogP contribution is 2.28. The summed E-state index contributed by atoms with van der Waals surface area (Å²) in [5.74, 6) is -0.507. The highest BCUT2D eigenvalue weighted by Gasteiger charge is 2.16. The molecule has 0 bridgehead atoms. The fourth-order valence-corrected chi connectivity index (χ4v) is 2.09. The van der Waals surface area contributed by atoms with E-state index in [9.17, 15) is 4.79 Å². The number of benzene rings is 1. The van der Waals surface area contributed by atoms with Crippen LogP contribution in [-0.4, -0.2) is 25.8 Å². The predicted molar refractivity (Wildman–Crippen MR) is 63.1 cm³/mol. The lowest BCUT2D eigenvalue weighted by atomic mass is 10.2. The summed E-state index contributed by atoms with van der Waals surface area (Å²) in [6.07, 6.45) is 1.50. The van der Waals surface area contributed by atoms with Crippen LogP contribution in [0.3, 0.4) is 0 Å². The maximum absolute atomic E-state index is 10.9. The van der Waals surface area contributed by atoms with Gasteiger partial charge in [-0.25, -0.2) is 4.79 Å². The van der Waals surface area contributed by atoms with Gasteiger partial charge in [0.25, 0.3) is 0 Å². The van der Waals surface area contributed by atoms with E-state index in [-0.39, 0.29) is 15.6 Å². The number of nitrogens with zero attached hydrogens (tertiary/aromatic N) is 3. The van der Waals surface area contributed by atoms with Gasteiger partial charge in [-0.05, 0) is 19.1 Å². The molecule has 0 amide bonds. The van der Waals surface area contributed by atoms with Gasteiger partial charge in [-0.1, -0.05) is 23.2 Å². The molecule has 0 unspecified atom stereocenters. The van der Waals surface area contributed by atoms with Crippen molar-refractivity contribution in [3.05, 3.63) is 39.9 Å². The zero-order valence-corrected chi connectivity index (χ0v) is 10.2. The Bertz CT molecular complexity index is 572. The first-order valence-corrected chi connectivity index (χ1v) is 5.35. The Morgan fingerprint density at radius 3 is 2.35 bits per heavy atom. The monoisotopic (exact) mass is 271 g/mol. The van der Waals surface area contributed by atoms with Crippen molar-refractivity contribution in [2.45, 2.75) is 6.92 Å². The van der Waals surface area contributed by atoms with Crippen LogP contribution in [0.1, 0.15) is 16.2 Å². The Kier molecular flexibility index (Phi) is 3.04. The van der Waals surface area contributed by atoms with Crippen molar-refractivity contribution in [2.24, 2.45) is 0 Å². The molecule has 0 aliphatic rings. The summed E-state index contributed by atoms with van der Waals surface area (Å²) in [7, 11) is 0. The van der Waals surface area contributed by atoms with Crippen LogP contribution in [0.25, 0.3) is 5.69 Å². The first kappa shape index (κ1) is 11.9. The third kappa shape index (κ3) is 2.11. The first-order valence-electron chi connectivity index (χ1n) is 4.60. The fraction of sp³-hybridized carbons (Fsp3) is 0.100. The van der Waals surface area contributed by atoms with E-state index in [0.717, 1.165) is 0 Å². The van der Waals surface area contributed by atoms with Gasteiger partial charge in [0.05, 0.1) is 21.3 Å². The number of hydrogen-bond donors (Lipinski definition) is 1. The summed E-state index contributed by atoms with van der Waals surface area (Å²) in [5.41, 5.74) is 0.510. The molecule has 1 aromatic heterocycles. The Morgan fingerprint density at radius 1 is 1.35 bits per heavy atom. The molecule has 2 aromatic rings. The minimum absolute atomic E-state index is 0.0769. The number of carboxylic acid groups (broad SMARTS) is 1. The predicted octanol–water partition coefficient (Wildman–Crippen LogP) is 2.58. The van der Waals surface area contributed by atoms with E-state index in [1.165, 1.54) is 18.5 Å². The molecule has 5 nitrogen and oxygen atoms in total. The van der Waals surface area contributed by atoms with Gasteiger partial charge >= 0.3 is 5.97 Å². The van der Waals surface area contributed by atoms with Crippen LogP contribution in [0, 0.1) is 6.92 Å². The number of hydrogen-bond acceptors (Lipinski definition) is 3. The number of carboxylic acids is 1. The molecule has 1 aromatic carbocycles. The molecule has 0 saturated carbocycles. The standard InChI is InChI=1S/C10H7Cl2N3O2/c1-5-14-13-4-15(5)6-2-7(11)9(10(16)17)8(12)3-6/h2-4H,1H3,(H,16,17). The SMILES string of the molecule is Cc1nncn1-c1cc(Cl)c(C(=O)O)c(Cl)c1. The van der Waals surface area contributed by atoms with Gasteiger partial charge in [0.1, 0.15) is 12.2 Å². The van der Waals surface area contributed by atoms with Gasteiger partial charge < -0.3 is 5.11 Å². The van der Waals surface area contributed by atoms with Crippen LogP contribution in [0.15, 0.2) is 18.5 Å². The summed E-state index contributed by atoms with van der Waals surface area (Å²) in [4.78, 5) is 10.9. The van der Waals surface area contributed by atoms with Crippen LogP contribution in [0.4, 0.5) is 0 Å². The van der Waals surface area contributed by atoms with Crippen molar-refractivity contribution in [1.82, 2.24) is 14.8 Å². The average Bonchev–Trinajstić information content (AvgIpc) is 2.62. The van der Waals surface area contributed by atoms with E-state index < -0.39 is 5.97 Å². The van der Waals surface area contributed by atoms with Crippen molar-refractivity contribution in [1.29, 1.82) is 0 Å². The Hall–Kier alpha value is -1.59. The van der Waals surface area contributed by atoms with Gasteiger partial charge in [0.15, 0.2) is 0 Å². The lowest BCUT2D eigenvalue weighted by Crippen LogP contribution is -2.02. The molecule has 0 spiro atoms. The highest BCUT2D eigenvalue weighted by molar-refractivity contribution is 6.39. The number of carbonyl (C=O) groups is 1. The minimum atomic E-state index is -1.16. The normalized spacial score (nSPS) is 10.5. The molecule has 1 N–H and O–H groups in total. The zero-order chi connectivity index (χ0) is 12.6. The van der Waals surface area contributed by atoms with Crippen molar-refractivity contribution < 1.29 is 9.90 Å². The second-order valence-corrected chi connectivity index (χ2v) is 4.15. The van der Waals surface area contributed by atoms with Crippen LogP contribution < -0.4 is 0 Å². The summed E-state index contributed by atoms with van der Waals surface area (Å²) in [5, 5.41) is 16.6. The van der Waals surface area contributed by atoms with Crippen molar-refractivity contribution in [3.63, 3.8) is 0 Å². The highest BCUT2D eigenvalue weighted by atomic mass is 35.5. The lowest BCUT2D eigenvalue weighted by molar-refractivity contribution is 0.0697. The van der Waals surface area contributed by atoms with E-state index in [4.69, 9.17) is 28.3 Å². The third-order valence-corrected chi connectivity index (χ3v) is 2.83. The molecule has 0 saturated heterocycles. The number of halogens is 2. The zero-order valence-electron chi connectivity index (χ0n) is 8.69. The molecule has 0 atom stereocenters. The maximum atomic E-state index is 10.9. The summed E-state index contributed by atoms with van der Waals surface area (Å²) in [6, 6.07) is 3.01. The first-order chi connectivity index (χ1) is 8.00. The molecule has 17 heavy (non-hydrogen) atoms. The van der Waals surface area contributed by atoms with Crippen molar-refractivity contribution in [3.8, 4) is 5.69 Å². The molecule has 0 aliphatic carbocycles. The smallest absolute Gasteiger partial charge is 0.338 e. The van der Waals surface area contributed by atoms with Crippen LogP contribution in [-0.2, 0) is 0 Å². The number of aryl methyl sites for hydroxylation is 1. The van der Waals surface area contributed by atoms with Gasteiger partial charge in [-0.15, -0.1) is 10.2 Å². The molecule has 0 radical (unpaired) electrons. The Labute approximate surface area is 107 Å². The number of rotatable bonds is 2. The second-order valence-electron chi connectivity index (χ2n) is 3.34. The fourth-order valence-electron chi connectivity index (χ4n) is 1.45. The maximum Gasteiger partial charge on any atom is 0.338 e. The summed E-state index contributed by atoms with van der Waals surface area (Å²) >= 11 is 11.8. The van der Waals surface area contributed by atoms with E-state index in [1.54, 1.807) is 11.5 Å². The quantitative estimate of drug-likeness (QED) is 0.912. The second kappa shape index (κ2) is 4.35. The van der Waals surface area contributed by atoms with Crippen molar-refractivity contribution in [2.75, 3.05) is 0 Å². The van der Waals surface area contributed by atoms with E-state index in [1.807, 2.05) is 0 Å². The van der Waals surface area contributed by atoms with Gasteiger partial charge in [0.2, 0.25) is 0 Å². The molecule has 0 fully saturated rings. The molecular weight excluding hydrogens is 265 g/mol. The topological polar surface area (TPSA) is 68.0 Å². The minimum Gasteiger partial charge on any atom is -0.478 e. The van der Waals surface area contributed by atoms with E-state index >= 15 is 0 Å². The molecule has 88 valence electrons. The number of aromatic nitrogens is 3.